The molecule has 0 spiro atoms. The van der Waals surface area contributed by atoms with Gasteiger partial charge in [-0.2, -0.15) is 0 Å². The Hall–Kier alpha value is -2.12. The van der Waals surface area contributed by atoms with Crippen molar-refractivity contribution in [2.45, 2.75) is 13.8 Å². The third-order valence-electron chi connectivity index (χ3n) is 3.03. The van der Waals surface area contributed by atoms with Crippen LogP contribution in [0.2, 0.25) is 0 Å². The molecule has 0 fully saturated rings. The molecule has 1 aromatic carbocycles. The lowest BCUT2D eigenvalue weighted by Crippen LogP contribution is -2.04. The van der Waals surface area contributed by atoms with Crippen LogP contribution >= 0.6 is 22.7 Å². The lowest BCUT2D eigenvalue weighted by Gasteiger charge is -2.00. The SMILES string of the molecule is CCOC(=O)c1csc(-c2sc(C)nc2-c2ccc(F)cc2)n1. The van der Waals surface area contributed by atoms with E-state index in [-0.39, 0.29) is 5.82 Å². The number of ether oxygens (including phenoxy) is 1. The van der Waals surface area contributed by atoms with E-state index in [9.17, 15) is 9.18 Å². The van der Waals surface area contributed by atoms with Crippen LogP contribution in [0, 0.1) is 12.7 Å². The topological polar surface area (TPSA) is 52.1 Å². The molecule has 0 aliphatic carbocycles. The zero-order chi connectivity index (χ0) is 16.4. The summed E-state index contributed by atoms with van der Waals surface area (Å²) in [5.41, 5.74) is 1.86. The number of benzene rings is 1. The van der Waals surface area contributed by atoms with Gasteiger partial charge in [0.25, 0.3) is 0 Å². The predicted octanol–water partition coefficient (Wildman–Crippen LogP) is 4.56. The van der Waals surface area contributed by atoms with E-state index in [0.29, 0.717) is 17.3 Å². The number of aromatic nitrogens is 2. The molecular weight excluding hydrogens is 335 g/mol. The van der Waals surface area contributed by atoms with Crippen LogP contribution in [-0.2, 0) is 4.74 Å². The zero-order valence-corrected chi connectivity index (χ0v) is 14.1. The number of halogens is 1. The number of carbonyl (C=O) groups is 1. The summed E-state index contributed by atoms with van der Waals surface area (Å²) in [6, 6.07) is 6.18. The zero-order valence-electron chi connectivity index (χ0n) is 12.5. The fourth-order valence-electron chi connectivity index (χ4n) is 2.05. The molecule has 3 aromatic rings. The molecule has 2 aromatic heterocycles. The molecule has 23 heavy (non-hydrogen) atoms. The number of esters is 1. The van der Waals surface area contributed by atoms with E-state index < -0.39 is 5.97 Å². The number of hydrogen-bond acceptors (Lipinski definition) is 6. The summed E-state index contributed by atoms with van der Waals surface area (Å²) in [4.78, 5) is 21.5. The summed E-state index contributed by atoms with van der Waals surface area (Å²) in [6.45, 7) is 3.97. The monoisotopic (exact) mass is 348 g/mol. The van der Waals surface area contributed by atoms with Crippen molar-refractivity contribution in [1.82, 2.24) is 9.97 Å². The van der Waals surface area contributed by atoms with E-state index in [1.165, 1.54) is 34.8 Å². The molecule has 0 unspecified atom stereocenters. The van der Waals surface area contributed by atoms with Crippen LogP contribution in [0.15, 0.2) is 29.6 Å². The molecule has 0 atom stereocenters. The molecule has 0 amide bonds. The van der Waals surface area contributed by atoms with Crippen molar-refractivity contribution in [3.8, 4) is 21.1 Å². The molecule has 2 heterocycles. The maximum absolute atomic E-state index is 13.1. The molecule has 0 aliphatic heterocycles. The van der Waals surface area contributed by atoms with Gasteiger partial charge in [-0.15, -0.1) is 22.7 Å². The summed E-state index contributed by atoms with van der Waals surface area (Å²) >= 11 is 2.86. The van der Waals surface area contributed by atoms with Crippen LogP contribution in [0.5, 0.6) is 0 Å². The van der Waals surface area contributed by atoms with E-state index in [2.05, 4.69) is 9.97 Å². The second-order valence-corrected chi connectivity index (χ2v) is 6.74. The van der Waals surface area contributed by atoms with Gasteiger partial charge in [-0.3, -0.25) is 0 Å². The van der Waals surface area contributed by atoms with Crippen molar-refractivity contribution in [3.63, 3.8) is 0 Å². The number of aryl methyl sites for hydroxylation is 1. The molecule has 7 heteroatoms. The van der Waals surface area contributed by atoms with Gasteiger partial charge in [0.15, 0.2) is 5.69 Å². The number of thiazole rings is 2. The van der Waals surface area contributed by atoms with Crippen molar-refractivity contribution in [2.24, 2.45) is 0 Å². The van der Waals surface area contributed by atoms with Gasteiger partial charge in [0.1, 0.15) is 10.8 Å². The largest absolute Gasteiger partial charge is 0.461 e. The Kier molecular flexibility index (Phi) is 4.49. The first kappa shape index (κ1) is 15.8. The highest BCUT2D eigenvalue weighted by Gasteiger charge is 2.19. The van der Waals surface area contributed by atoms with Gasteiger partial charge in [-0.05, 0) is 38.1 Å². The highest BCUT2D eigenvalue weighted by atomic mass is 32.1. The van der Waals surface area contributed by atoms with E-state index in [1.54, 1.807) is 24.4 Å². The Labute approximate surface area is 140 Å². The first-order chi connectivity index (χ1) is 11.1. The Morgan fingerprint density at radius 3 is 2.70 bits per heavy atom. The highest BCUT2D eigenvalue weighted by molar-refractivity contribution is 7.21. The number of rotatable bonds is 4. The molecule has 0 saturated carbocycles. The molecule has 0 aliphatic rings. The number of hydrogen-bond donors (Lipinski definition) is 0. The van der Waals surface area contributed by atoms with Gasteiger partial charge < -0.3 is 4.74 Å². The van der Waals surface area contributed by atoms with Crippen molar-refractivity contribution >= 4 is 28.6 Å². The van der Waals surface area contributed by atoms with Crippen LogP contribution in [0.25, 0.3) is 21.1 Å². The predicted molar refractivity (Wildman–Crippen MR) is 89.3 cm³/mol. The minimum atomic E-state index is -0.431. The molecule has 3 rings (SSSR count). The standard InChI is InChI=1S/C16H13FN2O2S2/c1-3-21-16(20)12-8-22-15(19-12)14-13(18-9(2)23-14)10-4-6-11(17)7-5-10/h4-8H,3H2,1-2H3. The molecule has 0 radical (unpaired) electrons. The fraction of sp³-hybridized carbons (Fsp3) is 0.188. The van der Waals surface area contributed by atoms with Crippen LogP contribution in [-0.4, -0.2) is 22.5 Å². The Morgan fingerprint density at radius 2 is 2.00 bits per heavy atom. The lowest BCUT2D eigenvalue weighted by atomic mass is 10.1. The van der Waals surface area contributed by atoms with Crippen molar-refractivity contribution < 1.29 is 13.9 Å². The van der Waals surface area contributed by atoms with Gasteiger partial charge in [0.05, 0.1) is 22.2 Å². The minimum absolute atomic E-state index is 0.291. The van der Waals surface area contributed by atoms with Crippen molar-refractivity contribution in [2.75, 3.05) is 6.61 Å². The van der Waals surface area contributed by atoms with E-state index in [4.69, 9.17) is 4.74 Å². The number of nitrogens with zero attached hydrogens (tertiary/aromatic N) is 2. The molecular formula is C16H13FN2O2S2. The van der Waals surface area contributed by atoms with E-state index in [1.807, 2.05) is 6.92 Å². The average molecular weight is 348 g/mol. The number of carbonyl (C=O) groups excluding carboxylic acids is 1. The quantitative estimate of drug-likeness (QED) is 0.649. The third-order valence-corrected chi connectivity index (χ3v) is 5.00. The maximum Gasteiger partial charge on any atom is 0.357 e. The normalized spacial score (nSPS) is 10.7. The maximum atomic E-state index is 13.1. The van der Waals surface area contributed by atoms with Gasteiger partial charge in [-0.25, -0.2) is 19.2 Å². The first-order valence-corrected chi connectivity index (χ1v) is 8.64. The summed E-state index contributed by atoms with van der Waals surface area (Å²) in [5, 5.41) is 3.27. The van der Waals surface area contributed by atoms with Gasteiger partial charge in [0.2, 0.25) is 0 Å². The van der Waals surface area contributed by atoms with Crippen molar-refractivity contribution in [1.29, 1.82) is 0 Å². The summed E-state index contributed by atoms with van der Waals surface area (Å²) in [5.74, 6) is -0.722. The molecule has 0 bridgehead atoms. The second-order valence-electron chi connectivity index (χ2n) is 4.68. The van der Waals surface area contributed by atoms with E-state index >= 15 is 0 Å². The van der Waals surface area contributed by atoms with Gasteiger partial charge >= 0.3 is 5.97 Å². The van der Waals surface area contributed by atoms with Crippen LogP contribution in [0.1, 0.15) is 22.4 Å². The minimum Gasteiger partial charge on any atom is -0.461 e. The first-order valence-electron chi connectivity index (χ1n) is 6.95. The van der Waals surface area contributed by atoms with Crippen LogP contribution < -0.4 is 0 Å². The Bertz CT molecular complexity index is 840. The smallest absolute Gasteiger partial charge is 0.357 e. The highest BCUT2D eigenvalue weighted by Crippen LogP contribution is 2.38. The molecule has 0 saturated heterocycles. The summed E-state index contributed by atoms with van der Waals surface area (Å²) in [6.07, 6.45) is 0. The van der Waals surface area contributed by atoms with Crippen LogP contribution in [0.4, 0.5) is 4.39 Å². The summed E-state index contributed by atoms with van der Waals surface area (Å²) in [7, 11) is 0. The summed E-state index contributed by atoms with van der Waals surface area (Å²) < 4.78 is 18.1. The van der Waals surface area contributed by atoms with Gasteiger partial charge in [0, 0.05) is 10.9 Å². The Morgan fingerprint density at radius 1 is 1.26 bits per heavy atom. The third kappa shape index (κ3) is 3.30. The van der Waals surface area contributed by atoms with Crippen LogP contribution in [0.3, 0.4) is 0 Å². The lowest BCUT2D eigenvalue weighted by molar-refractivity contribution is 0.0520. The molecule has 0 N–H and O–H groups in total. The Balaban J connectivity index is 2.01. The molecule has 4 nitrogen and oxygen atoms in total. The fourth-order valence-corrected chi connectivity index (χ4v) is 3.87. The second kappa shape index (κ2) is 6.55. The average Bonchev–Trinajstić information content (AvgIpc) is 3.15. The van der Waals surface area contributed by atoms with Gasteiger partial charge in [-0.1, -0.05) is 0 Å². The van der Waals surface area contributed by atoms with E-state index in [0.717, 1.165) is 21.1 Å². The molecule has 118 valence electrons. The van der Waals surface area contributed by atoms with Crippen molar-refractivity contribution in [3.05, 3.63) is 46.2 Å².